The quantitative estimate of drug-likeness (QED) is 0.825. The summed E-state index contributed by atoms with van der Waals surface area (Å²) in [6.07, 6.45) is -4.57. The van der Waals surface area contributed by atoms with Crippen molar-refractivity contribution in [2.75, 3.05) is 6.61 Å². The summed E-state index contributed by atoms with van der Waals surface area (Å²) in [4.78, 5) is 12.4. The minimum atomic E-state index is -4.57. The van der Waals surface area contributed by atoms with Crippen LogP contribution in [-0.4, -0.2) is 12.6 Å². The Hall–Kier alpha value is -2.95. The second-order valence-electron chi connectivity index (χ2n) is 5.69. The van der Waals surface area contributed by atoms with Crippen LogP contribution in [0.4, 0.5) is 13.2 Å². The molecule has 1 aliphatic heterocycles. The molecule has 1 aromatic rings. The lowest BCUT2D eigenvalue weighted by Gasteiger charge is -2.27. The highest BCUT2D eigenvalue weighted by Gasteiger charge is 2.38. The van der Waals surface area contributed by atoms with Crippen molar-refractivity contribution in [1.29, 1.82) is 5.26 Å². The Morgan fingerprint density at radius 3 is 2.58 bits per heavy atom. The monoisotopic (exact) mass is 366 g/mol. The van der Waals surface area contributed by atoms with E-state index in [1.54, 1.807) is 6.92 Å². The number of hydrogen-bond acceptors (Lipinski definition) is 5. The predicted molar refractivity (Wildman–Crippen MR) is 86.2 cm³/mol. The molecule has 0 saturated heterocycles. The van der Waals surface area contributed by atoms with Crippen LogP contribution in [0.25, 0.3) is 0 Å². The molecule has 0 spiro atoms. The molecule has 0 aromatic heterocycles. The Labute approximate surface area is 148 Å². The molecule has 1 atom stereocenters. The van der Waals surface area contributed by atoms with Crippen LogP contribution in [0.15, 0.2) is 41.0 Å². The van der Waals surface area contributed by atoms with Gasteiger partial charge in [-0.05, 0) is 38.0 Å². The highest BCUT2D eigenvalue weighted by Crippen LogP contribution is 2.42. The van der Waals surface area contributed by atoms with E-state index in [4.69, 9.17) is 15.2 Å². The summed E-state index contributed by atoms with van der Waals surface area (Å²) in [5.41, 5.74) is 4.82. The third kappa shape index (κ3) is 3.52. The zero-order valence-corrected chi connectivity index (χ0v) is 14.4. The Morgan fingerprint density at radius 1 is 1.38 bits per heavy atom. The number of nitrogens with zero attached hydrogens (tertiary/aromatic N) is 1. The Bertz CT molecular complexity index is 848. The molecule has 2 rings (SSSR count). The van der Waals surface area contributed by atoms with Crippen molar-refractivity contribution in [3.05, 3.63) is 57.7 Å². The summed E-state index contributed by atoms with van der Waals surface area (Å²) in [6.45, 7) is 4.43. The maximum absolute atomic E-state index is 13.3. The topological polar surface area (TPSA) is 85.3 Å². The molecular formula is C18H17F3N2O3. The molecular weight excluding hydrogens is 349 g/mol. The fourth-order valence-corrected chi connectivity index (χ4v) is 2.81. The predicted octanol–water partition coefficient (Wildman–Crippen LogP) is 3.66. The van der Waals surface area contributed by atoms with E-state index >= 15 is 0 Å². The number of rotatable bonds is 3. The van der Waals surface area contributed by atoms with Gasteiger partial charge in [0.2, 0.25) is 5.88 Å². The number of esters is 1. The molecule has 138 valence electrons. The molecule has 0 fully saturated rings. The second kappa shape index (κ2) is 7.12. The molecule has 5 nitrogen and oxygen atoms in total. The van der Waals surface area contributed by atoms with Gasteiger partial charge < -0.3 is 15.2 Å². The van der Waals surface area contributed by atoms with Crippen LogP contribution in [0.5, 0.6) is 0 Å². The number of aryl methyl sites for hydroxylation is 1. The number of allylic oxidation sites excluding steroid dienone is 2. The lowest BCUT2D eigenvalue weighted by molar-refractivity contribution is -0.139. The summed E-state index contributed by atoms with van der Waals surface area (Å²) in [5, 5.41) is 9.43. The molecule has 0 radical (unpaired) electrons. The minimum absolute atomic E-state index is 0.0298. The van der Waals surface area contributed by atoms with Crippen LogP contribution in [0.2, 0.25) is 0 Å². The van der Waals surface area contributed by atoms with E-state index in [1.165, 1.54) is 26.0 Å². The van der Waals surface area contributed by atoms with Gasteiger partial charge in [0.05, 0.1) is 23.7 Å². The average molecular weight is 366 g/mol. The van der Waals surface area contributed by atoms with Gasteiger partial charge >= 0.3 is 12.1 Å². The molecule has 2 N–H and O–H groups in total. The van der Waals surface area contributed by atoms with Gasteiger partial charge in [-0.2, -0.15) is 18.4 Å². The molecule has 0 saturated carbocycles. The highest BCUT2D eigenvalue weighted by molar-refractivity contribution is 5.92. The SMILES string of the molecule is CCOC(=O)C1=C(C)OC(N)=C(C#N)C1c1ccc(C)c(C(F)(F)F)c1. The maximum atomic E-state index is 13.3. The number of ether oxygens (including phenoxy) is 2. The fraction of sp³-hybridized carbons (Fsp3) is 0.333. The Balaban J connectivity index is 2.70. The summed E-state index contributed by atoms with van der Waals surface area (Å²) >= 11 is 0. The number of hydrogen-bond donors (Lipinski definition) is 1. The standard InChI is InChI=1S/C18H17F3N2O3/c1-4-25-17(24)14-10(3)26-16(23)12(8-22)15(14)11-6-5-9(2)13(7-11)18(19,20)21/h5-7,15H,4,23H2,1-3H3. The van der Waals surface area contributed by atoms with E-state index in [2.05, 4.69) is 0 Å². The van der Waals surface area contributed by atoms with Crippen LogP contribution in [-0.2, 0) is 20.4 Å². The van der Waals surface area contributed by atoms with Crippen LogP contribution in [0, 0.1) is 18.3 Å². The first-order valence-corrected chi connectivity index (χ1v) is 7.75. The highest BCUT2D eigenvalue weighted by atomic mass is 19.4. The van der Waals surface area contributed by atoms with Crippen molar-refractivity contribution >= 4 is 5.97 Å². The lowest BCUT2D eigenvalue weighted by atomic mass is 9.82. The first-order chi connectivity index (χ1) is 12.1. The first-order valence-electron chi connectivity index (χ1n) is 7.75. The molecule has 0 aliphatic carbocycles. The van der Waals surface area contributed by atoms with Crippen LogP contribution in [0.1, 0.15) is 36.5 Å². The molecule has 1 unspecified atom stereocenters. The number of alkyl halides is 3. The zero-order chi connectivity index (χ0) is 19.6. The van der Waals surface area contributed by atoms with Crippen molar-refractivity contribution in [2.45, 2.75) is 32.9 Å². The van der Waals surface area contributed by atoms with E-state index < -0.39 is 23.6 Å². The summed E-state index contributed by atoms with van der Waals surface area (Å²) in [5.74, 6) is -2.05. The number of benzene rings is 1. The average Bonchev–Trinajstić information content (AvgIpc) is 2.53. The smallest absolute Gasteiger partial charge is 0.416 e. The molecule has 1 aromatic carbocycles. The molecule has 0 bridgehead atoms. The van der Waals surface area contributed by atoms with E-state index in [0.717, 1.165) is 6.07 Å². The number of carbonyl (C=O) groups is 1. The van der Waals surface area contributed by atoms with Gasteiger partial charge in [-0.15, -0.1) is 0 Å². The minimum Gasteiger partial charge on any atom is -0.463 e. The van der Waals surface area contributed by atoms with Crippen LogP contribution >= 0.6 is 0 Å². The van der Waals surface area contributed by atoms with E-state index in [-0.39, 0.29) is 40.5 Å². The third-order valence-electron chi connectivity index (χ3n) is 4.00. The maximum Gasteiger partial charge on any atom is 0.416 e. The van der Waals surface area contributed by atoms with E-state index in [0.29, 0.717) is 0 Å². The fourth-order valence-electron chi connectivity index (χ4n) is 2.81. The van der Waals surface area contributed by atoms with Crippen LogP contribution in [0.3, 0.4) is 0 Å². The summed E-state index contributed by atoms with van der Waals surface area (Å²) < 4.78 is 50.0. The van der Waals surface area contributed by atoms with Crippen molar-refractivity contribution in [2.24, 2.45) is 5.73 Å². The number of carbonyl (C=O) groups excluding carboxylic acids is 1. The molecule has 8 heteroatoms. The van der Waals surface area contributed by atoms with Crippen molar-refractivity contribution in [1.82, 2.24) is 0 Å². The van der Waals surface area contributed by atoms with Gasteiger partial charge in [0.1, 0.15) is 17.4 Å². The van der Waals surface area contributed by atoms with Crippen molar-refractivity contribution in [3.8, 4) is 6.07 Å². The number of nitriles is 1. The van der Waals surface area contributed by atoms with Crippen molar-refractivity contribution in [3.63, 3.8) is 0 Å². The molecule has 0 amide bonds. The zero-order valence-electron chi connectivity index (χ0n) is 14.4. The Morgan fingerprint density at radius 2 is 2.04 bits per heavy atom. The van der Waals surface area contributed by atoms with Gasteiger partial charge in [-0.3, -0.25) is 0 Å². The molecule has 1 heterocycles. The molecule has 26 heavy (non-hydrogen) atoms. The largest absolute Gasteiger partial charge is 0.463 e. The van der Waals surface area contributed by atoms with Gasteiger partial charge in [0, 0.05) is 0 Å². The van der Waals surface area contributed by atoms with Gasteiger partial charge in [0.15, 0.2) is 0 Å². The lowest BCUT2D eigenvalue weighted by Crippen LogP contribution is -2.26. The third-order valence-corrected chi connectivity index (χ3v) is 4.00. The van der Waals surface area contributed by atoms with Gasteiger partial charge in [-0.1, -0.05) is 12.1 Å². The Kier molecular flexibility index (Phi) is 5.30. The van der Waals surface area contributed by atoms with Gasteiger partial charge in [-0.25, -0.2) is 4.79 Å². The number of nitrogens with two attached hydrogens (primary N) is 1. The van der Waals surface area contributed by atoms with E-state index in [1.807, 2.05) is 6.07 Å². The van der Waals surface area contributed by atoms with E-state index in [9.17, 15) is 23.2 Å². The summed E-state index contributed by atoms with van der Waals surface area (Å²) in [7, 11) is 0. The van der Waals surface area contributed by atoms with Crippen LogP contribution < -0.4 is 5.73 Å². The normalized spacial score (nSPS) is 17.7. The molecule has 1 aliphatic rings. The number of halogens is 3. The summed E-state index contributed by atoms with van der Waals surface area (Å²) in [6, 6.07) is 5.46. The van der Waals surface area contributed by atoms with Crippen molar-refractivity contribution < 1.29 is 27.4 Å². The first kappa shape index (κ1) is 19.4. The second-order valence-corrected chi connectivity index (χ2v) is 5.69. The van der Waals surface area contributed by atoms with Gasteiger partial charge in [0.25, 0.3) is 0 Å².